The summed E-state index contributed by atoms with van der Waals surface area (Å²) in [6, 6.07) is 0. The minimum absolute atomic E-state index is 0.831. The summed E-state index contributed by atoms with van der Waals surface area (Å²) < 4.78 is 4.66. The molecule has 0 aromatic carbocycles. The molecule has 0 amide bonds. The molecule has 0 fully saturated rings. The van der Waals surface area contributed by atoms with Crippen LogP contribution in [0.3, 0.4) is 0 Å². The Morgan fingerprint density at radius 3 is 2.83 bits per heavy atom. The van der Waals surface area contributed by atoms with Gasteiger partial charge in [0.15, 0.2) is 0 Å². The van der Waals surface area contributed by atoms with Gasteiger partial charge in [-0.15, -0.1) is 0 Å². The standard InChI is InChI=1S/C2HIN2S/c3-2-4-1-6-5-2/h1H. The smallest absolute Gasteiger partial charge is 0.203 e. The molecule has 0 unspecified atom stereocenters. The summed E-state index contributed by atoms with van der Waals surface area (Å²) in [7, 11) is 0. The van der Waals surface area contributed by atoms with Crippen LogP contribution in [-0.4, -0.2) is 9.36 Å². The van der Waals surface area contributed by atoms with Crippen molar-refractivity contribution in [1.82, 2.24) is 9.36 Å². The van der Waals surface area contributed by atoms with Crippen LogP contribution in [0.2, 0.25) is 0 Å². The molecule has 0 aliphatic rings. The van der Waals surface area contributed by atoms with Crippen molar-refractivity contribution in [2.75, 3.05) is 0 Å². The van der Waals surface area contributed by atoms with Crippen molar-refractivity contribution < 1.29 is 0 Å². The molecule has 0 aliphatic carbocycles. The number of halogens is 1. The first-order chi connectivity index (χ1) is 2.89. The van der Waals surface area contributed by atoms with Crippen molar-refractivity contribution in [3.05, 3.63) is 9.34 Å². The molecule has 1 aromatic heterocycles. The van der Waals surface area contributed by atoms with Crippen LogP contribution >= 0.6 is 34.1 Å². The van der Waals surface area contributed by atoms with Crippen molar-refractivity contribution in [1.29, 1.82) is 0 Å². The van der Waals surface area contributed by atoms with E-state index in [0.717, 1.165) is 3.83 Å². The van der Waals surface area contributed by atoms with Crippen LogP contribution in [0.4, 0.5) is 0 Å². The van der Waals surface area contributed by atoms with E-state index in [-0.39, 0.29) is 0 Å². The summed E-state index contributed by atoms with van der Waals surface area (Å²) in [5.74, 6) is 0. The van der Waals surface area contributed by atoms with E-state index < -0.39 is 0 Å². The highest BCUT2D eigenvalue weighted by Gasteiger charge is 1.80. The SMILES string of the molecule is Ic1ncsn1. The maximum atomic E-state index is 3.83. The molecule has 0 atom stereocenters. The molecule has 0 N–H and O–H groups in total. The van der Waals surface area contributed by atoms with Gasteiger partial charge in [-0.3, -0.25) is 0 Å². The van der Waals surface area contributed by atoms with Gasteiger partial charge in [0.2, 0.25) is 3.83 Å². The topological polar surface area (TPSA) is 25.8 Å². The van der Waals surface area contributed by atoms with E-state index in [1.54, 1.807) is 5.51 Å². The molecule has 0 saturated carbocycles. The molecule has 0 bridgehead atoms. The molecular formula is C2HIN2S. The molecule has 0 saturated heterocycles. The fourth-order valence-electron chi connectivity index (χ4n) is 0.158. The highest BCUT2D eigenvalue weighted by Crippen LogP contribution is 1.95. The van der Waals surface area contributed by atoms with E-state index in [0.29, 0.717) is 0 Å². The van der Waals surface area contributed by atoms with Crippen LogP contribution in [-0.2, 0) is 0 Å². The van der Waals surface area contributed by atoms with E-state index in [2.05, 4.69) is 31.9 Å². The highest BCUT2D eigenvalue weighted by molar-refractivity contribution is 14.1. The normalized spacial score (nSPS) is 8.83. The molecule has 0 aliphatic heterocycles. The third-order valence-corrected chi connectivity index (χ3v) is 1.66. The largest absolute Gasteiger partial charge is 0.218 e. The Morgan fingerprint density at radius 1 is 1.83 bits per heavy atom. The zero-order chi connectivity index (χ0) is 4.41. The highest BCUT2D eigenvalue weighted by atomic mass is 127. The summed E-state index contributed by atoms with van der Waals surface area (Å²) in [4.78, 5) is 3.81. The Bertz CT molecular complexity index is 115. The van der Waals surface area contributed by atoms with Crippen LogP contribution in [0.25, 0.3) is 0 Å². The Kier molecular flexibility index (Phi) is 1.36. The molecule has 0 spiro atoms. The summed E-state index contributed by atoms with van der Waals surface area (Å²) >= 11 is 3.43. The van der Waals surface area contributed by atoms with Crippen LogP contribution in [0.5, 0.6) is 0 Å². The molecular weight excluding hydrogens is 211 g/mol. The summed E-state index contributed by atoms with van der Waals surface area (Å²) in [6.45, 7) is 0. The lowest BCUT2D eigenvalue weighted by atomic mass is 11.3. The van der Waals surface area contributed by atoms with Gasteiger partial charge in [0.25, 0.3) is 0 Å². The predicted octanol–water partition coefficient (Wildman–Crippen LogP) is 1.14. The summed E-state index contributed by atoms with van der Waals surface area (Å²) in [6.07, 6.45) is 0. The van der Waals surface area contributed by atoms with Crippen LogP contribution in [0.15, 0.2) is 5.51 Å². The number of hydrogen-bond acceptors (Lipinski definition) is 3. The van der Waals surface area contributed by atoms with E-state index in [1.165, 1.54) is 11.5 Å². The first-order valence-electron chi connectivity index (χ1n) is 1.31. The Balaban J connectivity index is 3.05. The van der Waals surface area contributed by atoms with Crippen molar-refractivity contribution >= 4 is 34.1 Å². The molecule has 2 nitrogen and oxygen atoms in total. The number of hydrogen-bond donors (Lipinski definition) is 0. The molecule has 32 valence electrons. The maximum absolute atomic E-state index is 3.83. The summed E-state index contributed by atoms with van der Waals surface area (Å²) in [5, 5.41) is 0. The minimum atomic E-state index is 0.831. The fourth-order valence-corrected chi connectivity index (χ4v) is 1.16. The molecule has 1 aromatic rings. The van der Waals surface area contributed by atoms with E-state index in [4.69, 9.17) is 0 Å². The first kappa shape index (κ1) is 4.45. The van der Waals surface area contributed by atoms with Gasteiger partial charge >= 0.3 is 0 Å². The lowest BCUT2D eigenvalue weighted by Crippen LogP contribution is -1.64. The number of nitrogens with zero attached hydrogens (tertiary/aromatic N) is 2. The monoisotopic (exact) mass is 212 g/mol. The van der Waals surface area contributed by atoms with Gasteiger partial charge in [-0.2, -0.15) is 4.37 Å². The van der Waals surface area contributed by atoms with Gasteiger partial charge in [-0.05, 0) is 11.5 Å². The van der Waals surface area contributed by atoms with Crippen molar-refractivity contribution in [3.63, 3.8) is 0 Å². The molecule has 0 radical (unpaired) electrons. The predicted molar refractivity (Wildman–Crippen MR) is 32.6 cm³/mol. The lowest BCUT2D eigenvalue weighted by Gasteiger charge is -1.60. The fraction of sp³-hybridized carbons (Fsp3) is 0. The Labute approximate surface area is 52.9 Å². The van der Waals surface area contributed by atoms with Crippen molar-refractivity contribution in [2.45, 2.75) is 0 Å². The zero-order valence-corrected chi connectivity index (χ0v) is 5.73. The van der Waals surface area contributed by atoms with Gasteiger partial charge in [-0.1, -0.05) is 0 Å². The molecule has 4 heteroatoms. The van der Waals surface area contributed by atoms with E-state index >= 15 is 0 Å². The second-order valence-electron chi connectivity index (χ2n) is 0.700. The van der Waals surface area contributed by atoms with Gasteiger partial charge in [-0.25, -0.2) is 4.98 Å². The first-order valence-corrected chi connectivity index (χ1v) is 3.23. The number of aromatic nitrogens is 2. The average Bonchev–Trinajstić information content (AvgIpc) is 1.86. The third-order valence-electron chi connectivity index (χ3n) is 0.334. The zero-order valence-electron chi connectivity index (χ0n) is 2.76. The van der Waals surface area contributed by atoms with Crippen LogP contribution < -0.4 is 0 Å². The van der Waals surface area contributed by atoms with Gasteiger partial charge < -0.3 is 0 Å². The van der Waals surface area contributed by atoms with E-state index in [9.17, 15) is 0 Å². The Morgan fingerprint density at radius 2 is 2.67 bits per heavy atom. The summed E-state index contributed by atoms with van der Waals surface area (Å²) in [5.41, 5.74) is 1.71. The Hall–Kier alpha value is 0.290. The molecule has 1 rings (SSSR count). The van der Waals surface area contributed by atoms with Crippen LogP contribution in [0.1, 0.15) is 0 Å². The molecule has 1 heterocycles. The van der Waals surface area contributed by atoms with Crippen LogP contribution in [0, 0.1) is 3.83 Å². The molecule has 6 heavy (non-hydrogen) atoms. The van der Waals surface area contributed by atoms with Crippen molar-refractivity contribution in [2.24, 2.45) is 0 Å². The second kappa shape index (κ2) is 1.83. The van der Waals surface area contributed by atoms with Crippen molar-refractivity contribution in [3.8, 4) is 0 Å². The van der Waals surface area contributed by atoms with Gasteiger partial charge in [0, 0.05) is 22.6 Å². The minimum Gasteiger partial charge on any atom is -0.218 e. The lowest BCUT2D eigenvalue weighted by molar-refractivity contribution is 1.25. The van der Waals surface area contributed by atoms with Gasteiger partial charge in [0.05, 0.1) is 0 Å². The third kappa shape index (κ3) is 0.874. The maximum Gasteiger partial charge on any atom is 0.203 e. The van der Waals surface area contributed by atoms with E-state index in [1.807, 2.05) is 0 Å². The number of rotatable bonds is 0. The average molecular weight is 212 g/mol. The quantitative estimate of drug-likeness (QED) is 0.602. The second-order valence-corrected chi connectivity index (χ2v) is 2.27. The van der Waals surface area contributed by atoms with Gasteiger partial charge in [0.1, 0.15) is 5.51 Å².